The summed E-state index contributed by atoms with van der Waals surface area (Å²) >= 11 is 0. The highest BCUT2D eigenvalue weighted by Gasteiger charge is 2.27. The molecule has 0 radical (unpaired) electrons. The smallest absolute Gasteiger partial charge is 0.324 e. The van der Waals surface area contributed by atoms with Gasteiger partial charge < -0.3 is 15.4 Å². The average molecular weight is 337 g/mol. The lowest BCUT2D eigenvalue weighted by atomic mass is 10.2. The third-order valence-electron chi connectivity index (χ3n) is 3.45. The van der Waals surface area contributed by atoms with Crippen LogP contribution in [0.2, 0.25) is 0 Å². The summed E-state index contributed by atoms with van der Waals surface area (Å²) < 4.78 is 18.1. The number of nitrogens with one attached hydrogen (secondary N) is 2. The Morgan fingerprint density at radius 3 is 2.67 bits per heavy atom. The third-order valence-corrected chi connectivity index (χ3v) is 3.45. The van der Waals surface area contributed by atoms with Crippen LogP contribution in [-0.2, 0) is 9.59 Å². The molecule has 1 heterocycles. The molecule has 1 aromatic carbocycles. The largest absolute Gasteiger partial charge is 0.494 e. The summed E-state index contributed by atoms with van der Waals surface area (Å²) in [6, 6.07) is 5.33. The van der Waals surface area contributed by atoms with Gasteiger partial charge in [0.15, 0.2) is 0 Å². The molecule has 0 aromatic heterocycles. The quantitative estimate of drug-likeness (QED) is 0.521. The van der Waals surface area contributed by atoms with E-state index in [2.05, 4.69) is 10.6 Å². The van der Waals surface area contributed by atoms with Crippen molar-refractivity contribution in [2.45, 2.75) is 19.3 Å². The van der Waals surface area contributed by atoms with Crippen molar-refractivity contribution < 1.29 is 23.5 Å². The lowest BCUT2D eigenvalue weighted by molar-refractivity contribution is -0.126. The molecule has 0 bridgehead atoms. The summed E-state index contributed by atoms with van der Waals surface area (Å²) in [5.41, 5.74) is 0. The molecule has 1 aliphatic rings. The number of ether oxygens (including phenoxy) is 1. The number of nitrogens with zero attached hydrogens (tertiary/aromatic N) is 1. The van der Waals surface area contributed by atoms with Gasteiger partial charge in [0.2, 0.25) is 11.8 Å². The molecule has 1 fully saturated rings. The predicted molar refractivity (Wildman–Crippen MR) is 83.9 cm³/mol. The number of imide groups is 1. The molecule has 0 spiro atoms. The summed E-state index contributed by atoms with van der Waals surface area (Å²) in [6.07, 6.45) is 1.29. The van der Waals surface area contributed by atoms with Gasteiger partial charge in [0.1, 0.15) is 11.6 Å². The zero-order valence-corrected chi connectivity index (χ0v) is 13.2. The van der Waals surface area contributed by atoms with Crippen molar-refractivity contribution in [3.05, 3.63) is 30.1 Å². The van der Waals surface area contributed by atoms with E-state index >= 15 is 0 Å². The van der Waals surface area contributed by atoms with E-state index in [1.165, 1.54) is 12.1 Å². The molecule has 4 amide bonds. The molecular weight excluding hydrogens is 317 g/mol. The van der Waals surface area contributed by atoms with Crippen molar-refractivity contribution in [1.82, 2.24) is 15.5 Å². The van der Waals surface area contributed by atoms with Crippen LogP contribution in [0.5, 0.6) is 5.75 Å². The zero-order chi connectivity index (χ0) is 17.4. The van der Waals surface area contributed by atoms with Gasteiger partial charge in [-0.1, -0.05) is 0 Å². The van der Waals surface area contributed by atoms with Crippen molar-refractivity contribution >= 4 is 17.8 Å². The molecule has 24 heavy (non-hydrogen) atoms. The Morgan fingerprint density at radius 2 is 2.00 bits per heavy atom. The Bertz CT molecular complexity index is 575. The van der Waals surface area contributed by atoms with Crippen molar-refractivity contribution in [3.8, 4) is 5.75 Å². The van der Waals surface area contributed by atoms with Gasteiger partial charge in [-0.15, -0.1) is 0 Å². The first-order chi connectivity index (χ1) is 11.6. The lowest BCUT2D eigenvalue weighted by Crippen LogP contribution is -2.33. The van der Waals surface area contributed by atoms with Crippen molar-refractivity contribution in [2.24, 2.45) is 0 Å². The van der Waals surface area contributed by atoms with Crippen LogP contribution in [0.4, 0.5) is 9.18 Å². The SMILES string of the molecule is O=C(CCCN1C(=O)CNC1=O)NCCCOc1ccc(F)cc1. The fourth-order valence-electron chi connectivity index (χ4n) is 2.19. The van der Waals surface area contributed by atoms with Crippen molar-refractivity contribution in [1.29, 1.82) is 0 Å². The van der Waals surface area contributed by atoms with Gasteiger partial charge in [-0.05, 0) is 37.1 Å². The van der Waals surface area contributed by atoms with Gasteiger partial charge in [0.05, 0.1) is 13.2 Å². The highest BCUT2D eigenvalue weighted by Crippen LogP contribution is 2.11. The zero-order valence-electron chi connectivity index (χ0n) is 13.2. The van der Waals surface area contributed by atoms with E-state index in [-0.39, 0.29) is 37.1 Å². The Labute approximate surface area is 139 Å². The maximum atomic E-state index is 12.7. The van der Waals surface area contributed by atoms with E-state index in [1.807, 2.05) is 0 Å². The monoisotopic (exact) mass is 337 g/mol. The first-order valence-corrected chi connectivity index (χ1v) is 7.79. The average Bonchev–Trinajstić information content (AvgIpc) is 2.88. The van der Waals surface area contributed by atoms with Crippen LogP contribution in [0, 0.1) is 5.82 Å². The molecule has 1 aromatic rings. The minimum atomic E-state index is -0.404. The van der Waals surface area contributed by atoms with E-state index in [0.29, 0.717) is 31.7 Å². The van der Waals surface area contributed by atoms with Crippen LogP contribution >= 0.6 is 0 Å². The molecular formula is C16H20FN3O4. The summed E-state index contributed by atoms with van der Waals surface area (Å²) in [4.78, 5) is 35.4. The van der Waals surface area contributed by atoms with E-state index in [9.17, 15) is 18.8 Å². The van der Waals surface area contributed by atoms with E-state index in [0.717, 1.165) is 4.90 Å². The van der Waals surface area contributed by atoms with Gasteiger partial charge in [-0.3, -0.25) is 14.5 Å². The maximum absolute atomic E-state index is 12.7. The third kappa shape index (κ3) is 5.53. The Balaban J connectivity index is 1.51. The molecule has 8 heteroatoms. The lowest BCUT2D eigenvalue weighted by Gasteiger charge is -2.12. The van der Waals surface area contributed by atoms with Crippen LogP contribution in [0.3, 0.4) is 0 Å². The minimum absolute atomic E-state index is 0.0269. The standard InChI is InChI=1S/C16H20FN3O4/c17-12-4-6-13(7-5-12)24-10-2-8-18-14(21)3-1-9-20-15(22)11-19-16(20)23/h4-7H,1-3,8-11H2,(H,18,21)(H,19,23). The van der Waals surface area contributed by atoms with Gasteiger partial charge in [-0.25, -0.2) is 9.18 Å². The highest BCUT2D eigenvalue weighted by atomic mass is 19.1. The fourth-order valence-corrected chi connectivity index (χ4v) is 2.19. The normalized spacial score (nSPS) is 13.8. The number of hydrogen-bond donors (Lipinski definition) is 2. The van der Waals surface area contributed by atoms with Crippen LogP contribution < -0.4 is 15.4 Å². The van der Waals surface area contributed by atoms with Crippen LogP contribution in [0.1, 0.15) is 19.3 Å². The Morgan fingerprint density at radius 1 is 1.25 bits per heavy atom. The number of hydrogen-bond acceptors (Lipinski definition) is 4. The van der Waals surface area contributed by atoms with E-state index < -0.39 is 6.03 Å². The number of carbonyl (C=O) groups is 3. The number of rotatable bonds is 9. The summed E-state index contributed by atoms with van der Waals surface area (Å²) in [5.74, 6) is -0.138. The van der Waals surface area contributed by atoms with Crippen LogP contribution in [0.25, 0.3) is 0 Å². The van der Waals surface area contributed by atoms with Gasteiger partial charge in [0, 0.05) is 19.5 Å². The molecule has 7 nitrogen and oxygen atoms in total. The molecule has 0 saturated carbocycles. The highest BCUT2D eigenvalue weighted by molar-refractivity contribution is 6.01. The molecule has 130 valence electrons. The second kappa shape index (κ2) is 8.85. The second-order valence-corrected chi connectivity index (χ2v) is 5.31. The van der Waals surface area contributed by atoms with E-state index in [1.54, 1.807) is 12.1 Å². The Hall–Kier alpha value is -2.64. The van der Waals surface area contributed by atoms with Gasteiger partial charge in [-0.2, -0.15) is 0 Å². The summed E-state index contributed by atoms with van der Waals surface area (Å²) in [7, 11) is 0. The van der Waals surface area contributed by atoms with Crippen molar-refractivity contribution in [3.63, 3.8) is 0 Å². The predicted octanol–water partition coefficient (Wildman–Crippen LogP) is 1.04. The van der Waals surface area contributed by atoms with Crippen LogP contribution in [-0.4, -0.2) is 49.0 Å². The number of urea groups is 1. The molecule has 1 saturated heterocycles. The maximum Gasteiger partial charge on any atom is 0.324 e. The summed E-state index contributed by atoms with van der Waals surface area (Å²) in [6.45, 7) is 1.14. The molecule has 0 atom stereocenters. The number of benzene rings is 1. The molecule has 2 N–H and O–H groups in total. The first kappa shape index (κ1) is 17.7. The molecule has 0 aliphatic carbocycles. The number of halogens is 1. The van der Waals surface area contributed by atoms with Crippen molar-refractivity contribution in [2.75, 3.05) is 26.2 Å². The van der Waals surface area contributed by atoms with E-state index in [4.69, 9.17) is 4.74 Å². The fraction of sp³-hybridized carbons (Fsp3) is 0.438. The molecule has 0 unspecified atom stereocenters. The number of amides is 4. The molecule has 1 aliphatic heterocycles. The van der Waals surface area contributed by atoms with Crippen LogP contribution in [0.15, 0.2) is 24.3 Å². The molecule has 2 rings (SSSR count). The number of carbonyl (C=O) groups excluding carboxylic acids is 3. The summed E-state index contributed by atoms with van der Waals surface area (Å²) in [5, 5.41) is 5.17. The van der Waals surface area contributed by atoms with Gasteiger partial charge in [0.25, 0.3) is 0 Å². The second-order valence-electron chi connectivity index (χ2n) is 5.31. The Kier molecular flexibility index (Phi) is 6.53. The minimum Gasteiger partial charge on any atom is -0.494 e. The van der Waals surface area contributed by atoms with Gasteiger partial charge >= 0.3 is 6.03 Å². The topological polar surface area (TPSA) is 87.7 Å². The first-order valence-electron chi connectivity index (χ1n) is 7.79.